The minimum atomic E-state index is 0.880. The Morgan fingerprint density at radius 3 is 1.42 bits per heavy atom. The SMILES string of the molecule is COc1ccc2[nH]c3ccc4cc[n+](CCNCCCCCCNCC[n+]5ccc6ccc7[nH]c8ccc(OC)cc8c7c6c5)cc4c3c2c1. The maximum Gasteiger partial charge on any atom is 0.177 e. The molecule has 0 bridgehead atoms. The Bertz CT molecular complexity index is 2270. The second kappa shape index (κ2) is 14.4. The number of nitrogens with zero attached hydrogens (tertiary/aromatic N) is 2. The highest BCUT2D eigenvalue weighted by molar-refractivity contribution is 6.21. The molecule has 0 saturated heterocycles. The molecule has 4 aromatic carbocycles. The van der Waals surface area contributed by atoms with Gasteiger partial charge in [-0.25, -0.2) is 9.13 Å². The number of methoxy groups -OCH3 is 2. The zero-order chi connectivity index (χ0) is 33.9. The number of H-pyrrole nitrogens is 2. The molecule has 0 atom stereocenters. The molecule has 0 unspecified atom stereocenters. The van der Waals surface area contributed by atoms with Gasteiger partial charge in [0.2, 0.25) is 0 Å². The van der Waals surface area contributed by atoms with Crippen LogP contribution in [-0.2, 0) is 13.1 Å². The van der Waals surface area contributed by atoms with Gasteiger partial charge in [0, 0.05) is 55.7 Å². The summed E-state index contributed by atoms with van der Waals surface area (Å²) >= 11 is 0. The van der Waals surface area contributed by atoms with Gasteiger partial charge in [-0.2, -0.15) is 0 Å². The molecule has 4 aromatic heterocycles. The number of hydrogen-bond acceptors (Lipinski definition) is 4. The summed E-state index contributed by atoms with van der Waals surface area (Å²) in [5.74, 6) is 1.76. The minimum Gasteiger partial charge on any atom is -0.497 e. The molecule has 0 aliphatic heterocycles. The number of aromatic amines is 2. The second-order valence-electron chi connectivity index (χ2n) is 13.3. The first kappa shape index (κ1) is 32.0. The summed E-state index contributed by atoms with van der Waals surface area (Å²) < 4.78 is 15.6. The Morgan fingerprint density at radius 2 is 0.960 bits per heavy atom. The third-order valence-corrected chi connectivity index (χ3v) is 10.1. The van der Waals surface area contributed by atoms with Gasteiger partial charge >= 0.3 is 0 Å². The van der Waals surface area contributed by atoms with Crippen molar-refractivity contribution >= 4 is 65.2 Å². The molecule has 4 heterocycles. The van der Waals surface area contributed by atoms with Crippen LogP contribution in [0.4, 0.5) is 0 Å². The number of nitrogens with one attached hydrogen (secondary N) is 4. The van der Waals surface area contributed by atoms with Gasteiger partial charge in [-0.1, -0.05) is 25.0 Å². The average molecular weight is 667 g/mol. The zero-order valence-electron chi connectivity index (χ0n) is 29.0. The van der Waals surface area contributed by atoms with Crippen LogP contribution in [0.25, 0.3) is 65.2 Å². The van der Waals surface area contributed by atoms with E-state index in [1.807, 2.05) is 12.1 Å². The van der Waals surface area contributed by atoms with Crippen LogP contribution >= 0.6 is 0 Å². The Labute approximate surface area is 292 Å². The topological polar surface area (TPSA) is 81.9 Å². The van der Waals surface area contributed by atoms with Crippen molar-refractivity contribution < 1.29 is 18.6 Å². The summed E-state index contributed by atoms with van der Waals surface area (Å²) in [7, 11) is 3.45. The summed E-state index contributed by atoms with van der Waals surface area (Å²) in [5.41, 5.74) is 4.58. The lowest BCUT2D eigenvalue weighted by Crippen LogP contribution is -2.38. The van der Waals surface area contributed by atoms with Crippen molar-refractivity contribution in [3.05, 3.63) is 97.6 Å². The standard InChI is InChI=1S/C42H44N6O2/c1-49-31-9-13-37-33(25-31)41-35-27-47(21-15-29(35)7-11-39(41)45-37)23-19-43-17-5-3-4-6-18-44-20-24-48-22-16-30-8-12-40-42(36(30)28-48)34-26-32(50-2)10-14-38(34)46-40/h7-16,21-22,25-28,43-44H,3-6,17-20,23-24H2,1-2H3/p+2. The van der Waals surface area contributed by atoms with Gasteiger partial charge in [-0.05, 0) is 85.2 Å². The summed E-state index contributed by atoms with van der Waals surface area (Å²) in [6.45, 7) is 5.92. The van der Waals surface area contributed by atoms with Gasteiger partial charge in [-0.3, -0.25) is 0 Å². The predicted molar refractivity (Wildman–Crippen MR) is 204 cm³/mol. The molecule has 0 aliphatic rings. The van der Waals surface area contributed by atoms with E-state index < -0.39 is 0 Å². The molecular formula is C42H46N6O2+2. The maximum absolute atomic E-state index is 5.51. The molecule has 8 heteroatoms. The van der Waals surface area contributed by atoms with E-state index in [1.165, 1.54) is 68.8 Å². The Balaban J connectivity index is 0.760. The van der Waals surface area contributed by atoms with Crippen LogP contribution in [-0.4, -0.2) is 50.4 Å². The van der Waals surface area contributed by atoms with Crippen LogP contribution in [0, 0.1) is 0 Å². The van der Waals surface area contributed by atoms with E-state index in [1.54, 1.807) is 14.2 Å². The molecule has 0 fully saturated rings. The number of aromatic nitrogens is 4. The monoisotopic (exact) mass is 666 g/mol. The molecule has 0 aliphatic carbocycles. The van der Waals surface area contributed by atoms with Crippen molar-refractivity contribution in [3.8, 4) is 11.5 Å². The summed E-state index contributed by atoms with van der Waals surface area (Å²) in [4.78, 5) is 7.14. The van der Waals surface area contributed by atoms with E-state index in [-0.39, 0.29) is 0 Å². The fraction of sp³-hybridized carbons (Fsp3) is 0.286. The Morgan fingerprint density at radius 1 is 0.500 bits per heavy atom. The summed E-state index contributed by atoms with van der Waals surface area (Å²) in [6, 6.07) is 25.7. The summed E-state index contributed by atoms with van der Waals surface area (Å²) in [6.07, 6.45) is 13.9. The maximum atomic E-state index is 5.51. The fourth-order valence-electron chi connectivity index (χ4n) is 7.42. The first-order chi connectivity index (χ1) is 24.7. The van der Waals surface area contributed by atoms with Gasteiger partial charge in [0.25, 0.3) is 0 Å². The van der Waals surface area contributed by atoms with Crippen molar-refractivity contribution in [1.82, 2.24) is 20.6 Å². The van der Waals surface area contributed by atoms with Crippen molar-refractivity contribution in [2.45, 2.75) is 38.8 Å². The van der Waals surface area contributed by atoms with Crippen molar-refractivity contribution in [2.24, 2.45) is 0 Å². The van der Waals surface area contributed by atoms with E-state index >= 15 is 0 Å². The van der Waals surface area contributed by atoms with Crippen LogP contribution in [0.5, 0.6) is 11.5 Å². The van der Waals surface area contributed by atoms with Crippen LogP contribution in [0.2, 0.25) is 0 Å². The van der Waals surface area contributed by atoms with E-state index in [9.17, 15) is 0 Å². The Hall–Kier alpha value is -5.18. The number of hydrogen-bond donors (Lipinski definition) is 4. The van der Waals surface area contributed by atoms with Crippen molar-refractivity contribution in [2.75, 3.05) is 40.4 Å². The second-order valence-corrected chi connectivity index (χ2v) is 13.3. The highest BCUT2D eigenvalue weighted by Crippen LogP contribution is 2.35. The molecular weight excluding hydrogens is 621 g/mol. The number of rotatable bonds is 15. The van der Waals surface area contributed by atoms with E-state index in [0.29, 0.717) is 0 Å². The molecule has 0 radical (unpaired) electrons. The highest BCUT2D eigenvalue weighted by atomic mass is 16.5. The average Bonchev–Trinajstić information content (AvgIpc) is 3.73. The van der Waals surface area contributed by atoms with Crippen LogP contribution in [0.3, 0.4) is 0 Å². The van der Waals surface area contributed by atoms with Crippen LogP contribution in [0.15, 0.2) is 97.6 Å². The van der Waals surface area contributed by atoms with Gasteiger partial charge in [0.15, 0.2) is 37.9 Å². The minimum absolute atomic E-state index is 0.880. The highest BCUT2D eigenvalue weighted by Gasteiger charge is 2.14. The fourth-order valence-corrected chi connectivity index (χ4v) is 7.42. The molecule has 8 nitrogen and oxygen atoms in total. The normalized spacial score (nSPS) is 12.0. The third kappa shape index (κ3) is 6.44. The van der Waals surface area contributed by atoms with Gasteiger partial charge in [0.1, 0.15) is 11.5 Å². The first-order valence-electron chi connectivity index (χ1n) is 17.9. The van der Waals surface area contributed by atoms with Gasteiger partial charge in [-0.15, -0.1) is 0 Å². The molecule has 0 saturated carbocycles. The molecule has 0 amide bonds. The molecule has 4 N–H and O–H groups in total. The molecule has 8 aromatic rings. The lowest BCUT2D eigenvalue weighted by Gasteiger charge is -2.06. The number of fused-ring (bicyclic) bond motifs is 10. The lowest BCUT2D eigenvalue weighted by molar-refractivity contribution is -0.693. The van der Waals surface area contributed by atoms with Crippen molar-refractivity contribution in [1.29, 1.82) is 0 Å². The van der Waals surface area contributed by atoms with E-state index in [4.69, 9.17) is 9.47 Å². The molecule has 8 rings (SSSR count). The smallest absolute Gasteiger partial charge is 0.177 e. The number of pyridine rings is 2. The van der Waals surface area contributed by atoms with Crippen LogP contribution < -0.4 is 29.2 Å². The number of ether oxygens (including phenoxy) is 2. The Kier molecular flexibility index (Phi) is 9.20. The zero-order valence-corrected chi connectivity index (χ0v) is 29.0. The van der Waals surface area contributed by atoms with Crippen molar-refractivity contribution in [3.63, 3.8) is 0 Å². The third-order valence-electron chi connectivity index (χ3n) is 10.1. The van der Waals surface area contributed by atoms with Gasteiger partial charge in [0.05, 0.1) is 38.1 Å². The number of unbranched alkanes of at least 4 members (excludes halogenated alkanes) is 3. The lowest BCUT2D eigenvalue weighted by atomic mass is 10.1. The quantitative estimate of drug-likeness (QED) is 0.0684. The molecule has 50 heavy (non-hydrogen) atoms. The van der Waals surface area contributed by atoms with Gasteiger partial charge < -0.3 is 30.1 Å². The predicted octanol–water partition coefficient (Wildman–Crippen LogP) is 7.29. The molecule has 0 spiro atoms. The molecule has 254 valence electrons. The van der Waals surface area contributed by atoms with E-state index in [0.717, 1.165) is 72.8 Å². The number of benzene rings is 4. The van der Waals surface area contributed by atoms with E-state index in [2.05, 4.69) is 115 Å². The van der Waals surface area contributed by atoms with Crippen LogP contribution in [0.1, 0.15) is 25.7 Å². The first-order valence-corrected chi connectivity index (χ1v) is 17.9. The largest absolute Gasteiger partial charge is 0.497 e. The summed E-state index contributed by atoms with van der Waals surface area (Å²) in [5, 5.41) is 17.3.